The summed E-state index contributed by atoms with van der Waals surface area (Å²) in [5.41, 5.74) is 7.66. The number of rotatable bonds is 6. The maximum absolute atomic E-state index is 6.56. The molecule has 0 atom stereocenters. The molecule has 0 spiro atoms. The molecule has 4 aromatic carbocycles. The van der Waals surface area contributed by atoms with Crippen molar-refractivity contribution in [2.45, 2.75) is 11.8 Å². The maximum atomic E-state index is 6.56. The topological polar surface area (TPSA) is 23.5 Å². The van der Waals surface area contributed by atoms with Gasteiger partial charge < -0.3 is 4.42 Å². The first kappa shape index (κ1) is 26.8. The number of hydrogen-bond acceptors (Lipinski definition) is 3. The quantitative estimate of drug-likeness (QED) is 0.142. The van der Waals surface area contributed by atoms with Crippen molar-refractivity contribution < 1.29 is 8.98 Å². The normalized spacial score (nSPS) is 13.1. The third kappa shape index (κ3) is 4.86. The minimum absolute atomic E-state index is 0.442. The summed E-state index contributed by atoms with van der Waals surface area (Å²) in [6.45, 7) is 0. The summed E-state index contributed by atoms with van der Waals surface area (Å²) in [7, 11) is 1.99. The first-order valence-electron chi connectivity index (χ1n) is 12.6. The fourth-order valence-electron chi connectivity index (χ4n) is 4.87. The Morgan fingerprint density at radius 2 is 1.27 bits per heavy atom. The highest BCUT2D eigenvalue weighted by molar-refractivity contribution is 6.42. The number of fused-ring (bicyclic) bond motifs is 2. The fourth-order valence-corrected chi connectivity index (χ4v) is 5.55. The SMILES string of the molecule is C[n+]1c(/C=C\C=C2N(c3ccc(CCl)cc3)c3cc(Cl)c(Cl)cc3N2c2ccc(CCl)cc2)oc2ccccc21. The minimum atomic E-state index is 0.442. The zero-order valence-corrected chi connectivity index (χ0v) is 24.5. The lowest BCUT2D eigenvalue weighted by Gasteiger charge is -2.26. The van der Waals surface area contributed by atoms with E-state index in [9.17, 15) is 0 Å². The monoisotopic (exact) mass is 606 g/mol. The second-order valence-electron chi connectivity index (χ2n) is 9.38. The van der Waals surface area contributed by atoms with E-state index in [0.29, 0.717) is 21.8 Å². The summed E-state index contributed by atoms with van der Waals surface area (Å²) in [5.74, 6) is 2.51. The van der Waals surface area contributed by atoms with Crippen molar-refractivity contribution in [3.63, 3.8) is 0 Å². The van der Waals surface area contributed by atoms with E-state index in [-0.39, 0.29) is 0 Å². The van der Waals surface area contributed by atoms with Gasteiger partial charge in [-0.1, -0.05) is 59.6 Å². The van der Waals surface area contributed by atoms with Crippen LogP contribution in [0.3, 0.4) is 0 Å². The highest BCUT2D eigenvalue weighted by atomic mass is 35.5. The van der Waals surface area contributed by atoms with Crippen molar-refractivity contribution in [1.29, 1.82) is 0 Å². The molecule has 8 heteroatoms. The summed E-state index contributed by atoms with van der Waals surface area (Å²) in [4.78, 5) is 4.32. The Bertz CT molecular complexity index is 1680. The van der Waals surface area contributed by atoms with E-state index in [1.807, 2.05) is 84.4 Å². The lowest BCUT2D eigenvalue weighted by Crippen LogP contribution is -2.29. The first-order chi connectivity index (χ1) is 19.5. The molecule has 200 valence electrons. The third-order valence-electron chi connectivity index (χ3n) is 6.91. The highest BCUT2D eigenvalue weighted by Gasteiger charge is 2.34. The Morgan fingerprint density at radius 3 is 1.77 bits per heavy atom. The molecule has 0 radical (unpaired) electrons. The van der Waals surface area contributed by atoms with Gasteiger partial charge in [-0.3, -0.25) is 9.80 Å². The van der Waals surface area contributed by atoms with E-state index in [4.69, 9.17) is 50.8 Å². The van der Waals surface area contributed by atoms with Gasteiger partial charge in [0, 0.05) is 29.2 Å². The number of nitrogens with zero attached hydrogens (tertiary/aromatic N) is 3. The molecule has 40 heavy (non-hydrogen) atoms. The molecule has 0 unspecified atom stereocenters. The van der Waals surface area contributed by atoms with Crippen molar-refractivity contribution in [3.05, 3.63) is 130 Å². The van der Waals surface area contributed by atoms with Crippen LogP contribution in [-0.4, -0.2) is 0 Å². The molecule has 4 nitrogen and oxygen atoms in total. The Morgan fingerprint density at radius 1 is 0.750 bits per heavy atom. The molecule has 0 aliphatic carbocycles. The molecule has 1 aliphatic rings. The Balaban J connectivity index is 1.52. The average molecular weight is 608 g/mol. The molecule has 0 saturated heterocycles. The first-order valence-corrected chi connectivity index (χ1v) is 14.5. The Kier molecular flexibility index (Phi) is 7.52. The van der Waals surface area contributed by atoms with Crippen LogP contribution in [0.25, 0.3) is 17.2 Å². The Hall–Kier alpha value is -3.41. The molecule has 0 saturated carbocycles. The van der Waals surface area contributed by atoms with Crippen LogP contribution in [0.1, 0.15) is 17.0 Å². The van der Waals surface area contributed by atoms with Gasteiger partial charge in [0.2, 0.25) is 5.58 Å². The standard InChI is InChI=1S/C32H24Cl4N3O/c1-37-27-5-2-3-6-30(27)40-32(37)8-4-7-31-38(23-13-9-21(19-33)10-14-23)28-17-25(35)26(36)18-29(28)39(31)24-15-11-22(20-34)12-16-24/h2-18H,19-20H2,1H3/q+1. The molecule has 0 bridgehead atoms. The van der Waals surface area contributed by atoms with Crippen LogP contribution >= 0.6 is 46.4 Å². The van der Waals surface area contributed by atoms with Gasteiger partial charge in [-0.2, -0.15) is 4.57 Å². The van der Waals surface area contributed by atoms with E-state index in [0.717, 1.165) is 56.7 Å². The molecular formula is C32H24Cl4N3O+. The lowest BCUT2D eigenvalue weighted by molar-refractivity contribution is -0.652. The largest absolute Gasteiger partial charge is 0.398 e. The Labute approximate surface area is 252 Å². The molecule has 2 heterocycles. The smallest absolute Gasteiger partial charge is 0.373 e. The molecule has 1 aliphatic heterocycles. The van der Waals surface area contributed by atoms with Gasteiger partial charge in [-0.05, 0) is 65.7 Å². The van der Waals surface area contributed by atoms with Crippen molar-refractivity contribution in [2.24, 2.45) is 7.05 Å². The predicted molar refractivity (Wildman–Crippen MR) is 167 cm³/mol. The van der Waals surface area contributed by atoms with Crippen LogP contribution in [0.4, 0.5) is 22.7 Å². The number of benzene rings is 4. The maximum Gasteiger partial charge on any atom is 0.373 e. The van der Waals surface area contributed by atoms with Gasteiger partial charge in [0.25, 0.3) is 5.52 Å². The molecular weight excluding hydrogens is 584 g/mol. The zero-order chi connectivity index (χ0) is 27.8. The molecule has 0 N–H and O–H groups in total. The van der Waals surface area contributed by atoms with Crippen LogP contribution in [0, 0.1) is 0 Å². The average Bonchev–Trinajstić information content (AvgIpc) is 3.47. The second-order valence-corrected chi connectivity index (χ2v) is 10.7. The number of oxazole rings is 1. The number of para-hydroxylation sites is 2. The third-order valence-corrected chi connectivity index (χ3v) is 8.25. The number of aromatic nitrogens is 1. The minimum Gasteiger partial charge on any atom is -0.398 e. The van der Waals surface area contributed by atoms with Crippen LogP contribution in [0.5, 0.6) is 0 Å². The number of allylic oxidation sites excluding steroid dienone is 2. The van der Waals surface area contributed by atoms with E-state index >= 15 is 0 Å². The summed E-state index contributed by atoms with van der Waals surface area (Å²) in [6, 6.07) is 28.1. The van der Waals surface area contributed by atoms with Crippen molar-refractivity contribution in [3.8, 4) is 0 Å². The molecule has 0 fully saturated rings. The number of hydrogen-bond donors (Lipinski definition) is 0. The van der Waals surface area contributed by atoms with E-state index in [2.05, 4.69) is 40.1 Å². The van der Waals surface area contributed by atoms with Crippen LogP contribution in [0.2, 0.25) is 10.0 Å². The summed E-state index contributed by atoms with van der Waals surface area (Å²) in [6.07, 6.45) is 6.00. The molecule has 0 amide bonds. The van der Waals surface area contributed by atoms with Crippen molar-refractivity contribution in [1.82, 2.24) is 0 Å². The van der Waals surface area contributed by atoms with E-state index in [1.165, 1.54) is 0 Å². The van der Waals surface area contributed by atoms with Gasteiger partial charge >= 0.3 is 5.89 Å². The van der Waals surface area contributed by atoms with Crippen LogP contribution in [0.15, 0.2) is 107 Å². The van der Waals surface area contributed by atoms with E-state index in [1.54, 1.807) is 0 Å². The van der Waals surface area contributed by atoms with E-state index < -0.39 is 0 Å². The van der Waals surface area contributed by atoms with Gasteiger partial charge in [0.1, 0.15) is 12.9 Å². The van der Waals surface area contributed by atoms with Gasteiger partial charge in [0.05, 0.1) is 27.5 Å². The lowest BCUT2D eigenvalue weighted by atomic mass is 10.2. The zero-order valence-electron chi connectivity index (χ0n) is 21.5. The molecule has 6 rings (SSSR count). The number of aryl methyl sites for hydroxylation is 1. The number of alkyl halides is 2. The van der Waals surface area contributed by atoms with Gasteiger partial charge in [-0.15, -0.1) is 23.2 Å². The van der Waals surface area contributed by atoms with Crippen molar-refractivity contribution >= 4 is 86.3 Å². The van der Waals surface area contributed by atoms with Gasteiger partial charge in [0.15, 0.2) is 0 Å². The second kappa shape index (κ2) is 11.2. The van der Waals surface area contributed by atoms with Crippen LogP contribution in [-0.2, 0) is 18.8 Å². The molecule has 1 aromatic heterocycles. The van der Waals surface area contributed by atoms with Crippen LogP contribution < -0.4 is 14.4 Å². The number of anilines is 4. The summed E-state index contributed by atoms with van der Waals surface area (Å²) < 4.78 is 8.12. The number of halogens is 4. The van der Waals surface area contributed by atoms with Crippen molar-refractivity contribution in [2.75, 3.05) is 9.80 Å². The predicted octanol–water partition coefficient (Wildman–Crippen LogP) is 9.89. The summed E-state index contributed by atoms with van der Waals surface area (Å²) in [5, 5.41) is 0.956. The molecule has 5 aromatic rings. The fraction of sp³-hybridized carbons (Fsp3) is 0.0938. The highest BCUT2D eigenvalue weighted by Crippen LogP contribution is 2.52. The summed E-state index contributed by atoms with van der Waals surface area (Å²) >= 11 is 25.3. The van der Waals surface area contributed by atoms with Gasteiger partial charge in [-0.25, -0.2) is 0 Å².